The molecule has 2 aromatic carbocycles. The maximum absolute atomic E-state index is 11.9. The fraction of sp³-hybridized carbons (Fsp3) is 0.100. The minimum absolute atomic E-state index is 0.160. The van der Waals surface area contributed by atoms with E-state index in [9.17, 15) is 4.79 Å². The van der Waals surface area contributed by atoms with Crippen molar-refractivity contribution in [1.29, 1.82) is 0 Å². The van der Waals surface area contributed by atoms with Gasteiger partial charge in [-0.2, -0.15) is 5.10 Å². The SMILES string of the molecule is Cc1ccc(-n2cccc2/C=N/NC(=O)COc2cccc(Cl)c2)cc1Cl. The maximum Gasteiger partial charge on any atom is 0.277 e. The Morgan fingerprint density at radius 3 is 2.81 bits per heavy atom. The standard InChI is InChI=1S/C20H17Cl2N3O2/c1-14-7-8-16(11-19(14)22)25-9-3-5-17(25)12-23-24-20(26)13-27-18-6-2-4-15(21)10-18/h2-12H,13H2,1H3,(H,24,26)/b23-12+. The summed E-state index contributed by atoms with van der Waals surface area (Å²) in [6.45, 7) is 1.79. The van der Waals surface area contributed by atoms with Crippen LogP contribution in [0.25, 0.3) is 5.69 Å². The number of rotatable bonds is 6. The van der Waals surface area contributed by atoms with Gasteiger partial charge in [-0.15, -0.1) is 0 Å². The van der Waals surface area contributed by atoms with Crippen LogP contribution in [0.3, 0.4) is 0 Å². The van der Waals surface area contributed by atoms with Gasteiger partial charge in [0, 0.05) is 21.9 Å². The average molecular weight is 402 g/mol. The molecule has 0 aliphatic heterocycles. The summed E-state index contributed by atoms with van der Waals surface area (Å²) in [4.78, 5) is 11.9. The molecular weight excluding hydrogens is 385 g/mol. The lowest BCUT2D eigenvalue weighted by molar-refractivity contribution is -0.123. The summed E-state index contributed by atoms with van der Waals surface area (Å²) in [5.74, 6) is 0.148. The zero-order valence-corrected chi connectivity index (χ0v) is 16.0. The van der Waals surface area contributed by atoms with Crippen LogP contribution in [0.5, 0.6) is 5.75 Å². The van der Waals surface area contributed by atoms with E-state index in [4.69, 9.17) is 27.9 Å². The van der Waals surface area contributed by atoms with Crippen LogP contribution in [0, 0.1) is 6.92 Å². The molecule has 0 unspecified atom stereocenters. The monoisotopic (exact) mass is 401 g/mol. The largest absolute Gasteiger partial charge is 0.484 e. The fourth-order valence-electron chi connectivity index (χ4n) is 2.37. The highest BCUT2D eigenvalue weighted by Crippen LogP contribution is 2.20. The number of nitrogens with one attached hydrogen (secondary N) is 1. The Hall–Kier alpha value is -2.76. The number of carbonyl (C=O) groups is 1. The van der Waals surface area contributed by atoms with Gasteiger partial charge in [-0.05, 0) is 55.0 Å². The molecular formula is C20H17Cl2N3O2. The van der Waals surface area contributed by atoms with Gasteiger partial charge in [0.25, 0.3) is 5.91 Å². The molecule has 1 N–H and O–H groups in total. The van der Waals surface area contributed by atoms with Gasteiger partial charge in [-0.25, -0.2) is 5.43 Å². The first-order valence-electron chi connectivity index (χ1n) is 8.17. The number of hydrazone groups is 1. The van der Waals surface area contributed by atoms with E-state index in [-0.39, 0.29) is 12.5 Å². The van der Waals surface area contributed by atoms with Crippen LogP contribution in [0.4, 0.5) is 0 Å². The van der Waals surface area contributed by atoms with Crippen molar-refractivity contribution in [2.45, 2.75) is 6.92 Å². The highest BCUT2D eigenvalue weighted by atomic mass is 35.5. The normalized spacial score (nSPS) is 10.9. The van der Waals surface area contributed by atoms with Gasteiger partial charge in [-0.3, -0.25) is 4.79 Å². The number of hydrogen-bond acceptors (Lipinski definition) is 3. The van der Waals surface area contributed by atoms with Crippen molar-refractivity contribution in [3.8, 4) is 11.4 Å². The molecule has 1 aromatic heterocycles. The predicted molar refractivity (Wildman–Crippen MR) is 108 cm³/mol. The molecule has 1 amide bonds. The summed E-state index contributed by atoms with van der Waals surface area (Å²) in [7, 11) is 0. The number of nitrogens with zero attached hydrogens (tertiary/aromatic N) is 2. The Balaban J connectivity index is 1.59. The van der Waals surface area contributed by atoms with Gasteiger partial charge in [0.05, 0.1) is 11.9 Å². The highest BCUT2D eigenvalue weighted by molar-refractivity contribution is 6.31. The van der Waals surface area contributed by atoms with Gasteiger partial charge in [-0.1, -0.05) is 35.3 Å². The Kier molecular flexibility index (Phi) is 6.16. The maximum atomic E-state index is 11.9. The molecule has 0 aliphatic carbocycles. The van der Waals surface area contributed by atoms with Crippen LogP contribution in [-0.4, -0.2) is 23.3 Å². The minimum Gasteiger partial charge on any atom is -0.484 e. The summed E-state index contributed by atoms with van der Waals surface area (Å²) >= 11 is 12.1. The molecule has 0 saturated heterocycles. The van der Waals surface area contributed by atoms with Gasteiger partial charge < -0.3 is 9.30 Å². The fourth-order valence-corrected chi connectivity index (χ4v) is 2.73. The summed E-state index contributed by atoms with van der Waals surface area (Å²) in [6, 6.07) is 16.4. The van der Waals surface area contributed by atoms with E-state index in [1.54, 1.807) is 30.5 Å². The second-order valence-corrected chi connectivity index (χ2v) is 6.62. The molecule has 1 heterocycles. The van der Waals surface area contributed by atoms with Crippen molar-refractivity contribution in [3.05, 3.63) is 82.1 Å². The van der Waals surface area contributed by atoms with Crippen LogP contribution >= 0.6 is 23.2 Å². The lowest BCUT2D eigenvalue weighted by Crippen LogP contribution is -2.24. The summed E-state index contributed by atoms with van der Waals surface area (Å²) < 4.78 is 7.28. The second kappa shape index (κ2) is 8.75. The number of aryl methyl sites for hydroxylation is 1. The van der Waals surface area contributed by atoms with E-state index >= 15 is 0 Å². The molecule has 0 aliphatic rings. The number of amides is 1. The van der Waals surface area contributed by atoms with Crippen molar-refractivity contribution in [2.24, 2.45) is 5.10 Å². The Morgan fingerprint density at radius 1 is 1.19 bits per heavy atom. The minimum atomic E-state index is -0.372. The summed E-state index contributed by atoms with van der Waals surface area (Å²) in [5.41, 5.74) is 5.15. The molecule has 0 fully saturated rings. The molecule has 3 aromatic rings. The molecule has 0 atom stereocenters. The zero-order chi connectivity index (χ0) is 19.2. The molecule has 5 nitrogen and oxygen atoms in total. The van der Waals surface area contributed by atoms with Crippen molar-refractivity contribution in [3.63, 3.8) is 0 Å². The smallest absolute Gasteiger partial charge is 0.277 e. The summed E-state index contributed by atoms with van der Waals surface area (Å²) in [6.07, 6.45) is 3.46. The number of benzene rings is 2. The van der Waals surface area contributed by atoms with E-state index in [0.717, 1.165) is 16.9 Å². The number of halogens is 2. The third-order valence-corrected chi connectivity index (χ3v) is 4.41. The van der Waals surface area contributed by atoms with Crippen molar-refractivity contribution < 1.29 is 9.53 Å². The summed E-state index contributed by atoms with van der Waals surface area (Å²) in [5, 5.41) is 5.22. The van der Waals surface area contributed by atoms with Crippen LogP contribution in [-0.2, 0) is 4.79 Å². The number of hydrogen-bond donors (Lipinski definition) is 1. The number of aromatic nitrogens is 1. The molecule has 138 valence electrons. The first kappa shape index (κ1) is 19.0. The van der Waals surface area contributed by atoms with E-state index in [1.807, 2.05) is 48.0 Å². The third-order valence-electron chi connectivity index (χ3n) is 3.77. The average Bonchev–Trinajstić information content (AvgIpc) is 3.11. The van der Waals surface area contributed by atoms with E-state index in [1.165, 1.54) is 0 Å². The predicted octanol–water partition coefficient (Wildman–Crippen LogP) is 4.62. The van der Waals surface area contributed by atoms with Gasteiger partial charge in [0.15, 0.2) is 6.61 Å². The van der Waals surface area contributed by atoms with Crippen LogP contribution in [0.15, 0.2) is 65.9 Å². The van der Waals surface area contributed by atoms with E-state index < -0.39 is 0 Å². The lowest BCUT2D eigenvalue weighted by atomic mass is 10.2. The molecule has 0 saturated carbocycles. The Labute approximate surface area is 167 Å². The van der Waals surface area contributed by atoms with Crippen LogP contribution < -0.4 is 10.2 Å². The van der Waals surface area contributed by atoms with Crippen molar-refractivity contribution in [2.75, 3.05) is 6.61 Å². The third kappa shape index (κ3) is 5.12. The molecule has 0 bridgehead atoms. The van der Waals surface area contributed by atoms with Crippen LogP contribution in [0.1, 0.15) is 11.3 Å². The van der Waals surface area contributed by atoms with Gasteiger partial charge in [0.1, 0.15) is 5.75 Å². The molecule has 0 radical (unpaired) electrons. The highest BCUT2D eigenvalue weighted by Gasteiger charge is 2.05. The van der Waals surface area contributed by atoms with Crippen LogP contribution in [0.2, 0.25) is 10.0 Å². The first-order chi connectivity index (χ1) is 13.0. The number of carbonyl (C=O) groups excluding carboxylic acids is 1. The van der Waals surface area contributed by atoms with E-state index in [0.29, 0.717) is 15.8 Å². The molecule has 3 rings (SSSR count). The topological polar surface area (TPSA) is 55.6 Å². The first-order valence-corrected chi connectivity index (χ1v) is 8.93. The Morgan fingerprint density at radius 2 is 2.04 bits per heavy atom. The lowest BCUT2D eigenvalue weighted by Gasteiger charge is -2.08. The molecule has 7 heteroatoms. The second-order valence-electron chi connectivity index (χ2n) is 5.78. The van der Waals surface area contributed by atoms with Gasteiger partial charge >= 0.3 is 0 Å². The van der Waals surface area contributed by atoms with E-state index in [2.05, 4.69) is 10.5 Å². The van der Waals surface area contributed by atoms with Crippen molar-refractivity contribution >= 4 is 35.3 Å². The quantitative estimate of drug-likeness (QED) is 0.483. The zero-order valence-electron chi connectivity index (χ0n) is 14.5. The Bertz CT molecular complexity index is 983. The molecule has 0 spiro atoms. The van der Waals surface area contributed by atoms with Gasteiger partial charge in [0.2, 0.25) is 0 Å². The van der Waals surface area contributed by atoms with Crippen molar-refractivity contribution in [1.82, 2.24) is 9.99 Å². The number of ether oxygens (including phenoxy) is 1. The molecule has 27 heavy (non-hydrogen) atoms.